The smallest absolute Gasteiger partial charge is 0.163 e. The maximum Gasteiger partial charge on any atom is 0.163 e. The van der Waals surface area contributed by atoms with Crippen molar-refractivity contribution in [2.75, 3.05) is 17.7 Å². The van der Waals surface area contributed by atoms with Crippen LogP contribution < -0.4 is 20.1 Å². The van der Waals surface area contributed by atoms with Gasteiger partial charge in [0.25, 0.3) is 0 Å². The number of benzene rings is 3. The molecular weight excluding hydrogens is 424 g/mol. The lowest BCUT2D eigenvalue weighted by atomic mass is 9.73. The Balaban J connectivity index is 1.56. The summed E-state index contributed by atoms with van der Waals surface area (Å²) in [7, 11) is 1.64. The van der Waals surface area contributed by atoms with Crippen LogP contribution in [0.15, 0.2) is 84.1 Å². The van der Waals surface area contributed by atoms with Crippen molar-refractivity contribution >= 4 is 17.2 Å². The van der Waals surface area contributed by atoms with Crippen LogP contribution in [-0.2, 0) is 11.4 Å². The van der Waals surface area contributed by atoms with Crippen molar-refractivity contribution in [2.45, 2.75) is 39.3 Å². The summed E-state index contributed by atoms with van der Waals surface area (Å²) in [5, 5.41) is 7.21. The van der Waals surface area contributed by atoms with E-state index >= 15 is 0 Å². The van der Waals surface area contributed by atoms with E-state index in [0.717, 1.165) is 40.2 Å². The monoisotopic (exact) mass is 454 g/mol. The van der Waals surface area contributed by atoms with E-state index in [2.05, 4.69) is 24.5 Å². The Morgan fingerprint density at radius 2 is 1.65 bits per heavy atom. The van der Waals surface area contributed by atoms with Crippen LogP contribution in [0.4, 0.5) is 11.4 Å². The number of allylic oxidation sites excluding steroid dienone is 1. The lowest BCUT2D eigenvalue weighted by molar-refractivity contribution is -0.118. The van der Waals surface area contributed by atoms with E-state index in [4.69, 9.17) is 9.47 Å². The van der Waals surface area contributed by atoms with Gasteiger partial charge in [0.15, 0.2) is 17.3 Å². The van der Waals surface area contributed by atoms with Crippen molar-refractivity contribution in [1.82, 2.24) is 0 Å². The third-order valence-corrected chi connectivity index (χ3v) is 6.48. The van der Waals surface area contributed by atoms with E-state index < -0.39 is 0 Å². The molecule has 0 fully saturated rings. The molecule has 0 saturated heterocycles. The van der Waals surface area contributed by atoms with Gasteiger partial charge in [0, 0.05) is 17.7 Å². The average Bonchev–Trinajstić information content (AvgIpc) is 2.99. The molecule has 34 heavy (non-hydrogen) atoms. The van der Waals surface area contributed by atoms with E-state index in [9.17, 15) is 4.79 Å². The van der Waals surface area contributed by atoms with Crippen LogP contribution in [0.3, 0.4) is 0 Å². The van der Waals surface area contributed by atoms with Gasteiger partial charge < -0.3 is 20.1 Å². The number of anilines is 2. The third kappa shape index (κ3) is 4.38. The van der Waals surface area contributed by atoms with Gasteiger partial charge in [-0.2, -0.15) is 0 Å². The zero-order valence-corrected chi connectivity index (χ0v) is 19.9. The Kier molecular flexibility index (Phi) is 5.78. The largest absolute Gasteiger partial charge is 0.493 e. The zero-order valence-electron chi connectivity index (χ0n) is 19.9. The number of carbonyl (C=O) groups excluding carboxylic acids is 1. The molecule has 1 aliphatic carbocycles. The highest BCUT2D eigenvalue weighted by atomic mass is 16.5. The second kappa shape index (κ2) is 8.90. The first-order valence-electron chi connectivity index (χ1n) is 11.7. The Morgan fingerprint density at radius 3 is 2.41 bits per heavy atom. The van der Waals surface area contributed by atoms with Gasteiger partial charge >= 0.3 is 0 Å². The summed E-state index contributed by atoms with van der Waals surface area (Å²) in [6, 6.07) is 23.8. The van der Waals surface area contributed by atoms with Crippen LogP contribution >= 0.6 is 0 Å². The fourth-order valence-corrected chi connectivity index (χ4v) is 4.86. The number of rotatable bonds is 5. The van der Waals surface area contributed by atoms with Gasteiger partial charge in [-0.15, -0.1) is 0 Å². The van der Waals surface area contributed by atoms with Gasteiger partial charge in [-0.25, -0.2) is 0 Å². The maximum absolute atomic E-state index is 13.5. The normalized spacial score (nSPS) is 18.7. The number of nitrogens with one attached hydrogen (secondary N) is 2. The SMILES string of the molecule is COc1ccc(C2Nc3ccccc3NC3=C2C(=O)CC(C)(C)C3)cc1OCc1ccccc1. The number of carbonyl (C=O) groups is 1. The highest BCUT2D eigenvalue weighted by molar-refractivity contribution is 6.01. The number of hydrogen-bond donors (Lipinski definition) is 2. The molecule has 1 unspecified atom stereocenters. The van der Waals surface area contributed by atoms with Crippen LogP contribution in [0.5, 0.6) is 11.5 Å². The van der Waals surface area contributed by atoms with Crippen molar-refractivity contribution < 1.29 is 14.3 Å². The summed E-state index contributed by atoms with van der Waals surface area (Å²) in [6.45, 7) is 4.74. The van der Waals surface area contributed by atoms with Gasteiger partial charge in [-0.05, 0) is 47.2 Å². The standard InChI is InChI=1S/C29H30N2O3/c1-29(2)16-23-27(24(32)17-29)28(31-22-12-8-7-11-21(22)30-23)20-13-14-25(33-3)26(15-20)34-18-19-9-5-4-6-10-19/h4-15,28,30-31H,16-18H2,1-3H3. The summed E-state index contributed by atoms with van der Waals surface area (Å²) < 4.78 is 11.7. The fraction of sp³-hybridized carbons (Fsp3) is 0.276. The van der Waals surface area contributed by atoms with Gasteiger partial charge in [-0.3, -0.25) is 4.79 Å². The summed E-state index contributed by atoms with van der Waals surface area (Å²) >= 11 is 0. The van der Waals surface area contributed by atoms with E-state index in [-0.39, 0.29) is 17.2 Å². The Labute approximate surface area is 200 Å². The van der Waals surface area contributed by atoms with Crippen molar-refractivity contribution in [3.63, 3.8) is 0 Å². The Morgan fingerprint density at radius 1 is 0.912 bits per heavy atom. The Bertz CT molecular complexity index is 1250. The second-order valence-electron chi connectivity index (χ2n) is 9.77. The van der Waals surface area contributed by atoms with Crippen LogP contribution in [0, 0.1) is 5.41 Å². The van der Waals surface area contributed by atoms with Gasteiger partial charge in [0.05, 0.1) is 24.5 Å². The van der Waals surface area contributed by atoms with Gasteiger partial charge in [0.1, 0.15) is 6.61 Å². The fourth-order valence-electron chi connectivity index (χ4n) is 4.86. The van der Waals surface area contributed by atoms with Crippen LogP contribution in [0.2, 0.25) is 0 Å². The molecule has 5 rings (SSSR count). The van der Waals surface area contributed by atoms with Gasteiger partial charge in [-0.1, -0.05) is 62.4 Å². The number of hydrogen-bond acceptors (Lipinski definition) is 5. The molecule has 1 aliphatic heterocycles. The van der Waals surface area contributed by atoms with Crippen LogP contribution in [0.25, 0.3) is 0 Å². The minimum Gasteiger partial charge on any atom is -0.493 e. The molecule has 174 valence electrons. The first kappa shape index (κ1) is 22.1. The lowest BCUT2D eigenvalue weighted by Gasteiger charge is -2.34. The van der Waals surface area contributed by atoms with Crippen molar-refractivity contribution in [3.8, 4) is 11.5 Å². The van der Waals surface area contributed by atoms with Crippen molar-refractivity contribution in [3.05, 3.63) is 95.2 Å². The molecule has 0 spiro atoms. The maximum atomic E-state index is 13.5. The van der Waals surface area contributed by atoms with Crippen LogP contribution in [0.1, 0.15) is 43.9 Å². The summed E-state index contributed by atoms with van der Waals surface area (Å²) in [6.07, 6.45) is 1.34. The van der Waals surface area contributed by atoms with E-state index in [1.165, 1.54) is 0 Å². The quantitative estimate of drug-likeness (QED) is 0.461. The van der Waals surface area contributed by atoms with Crippen molar-refractivity contribution in [1.29, 1.82) is 0 Å². The highest BCUT2D eigenvalue weighted by Gasteiger charge is 2.38. The summed E-state index contributed by atoms with van der Waals surface area (Å²) in [5.74, 6) is 1.49. The van der Waals surface area contributed by atoms with Crippen molar-refractivity contribution in [2.24, 2.45) is 5.41 Å². The molecule has 3 aromatic rings. The molecule has 2 aliphatic rings. The van der Waals surface area contributed by atoms with E-state index in [1.807, 2.05) is 72.8 Å². The first-order chi connectivity index (χ1) is 16.4. The van der Waals surface area contributed by atoms with E-state index in [0.29, 0.717) is 24.5 Å². The molecule has 0 amide bonds. The molecular formula is C29H30N2O3. The average molecular weight is 455 g/mol. The summed E-state index contributed by atoms with van der Waals surface area (Å²) in [4.78, 5) is 13.5. The topological polar surface area (TPSA) is 59.6 Å². The number of methoxy groups -OCH3 is 1. The molecule has 0 radical (unpaired) electrons. The highest BCUT2D eigenvalue weighted by Crippen LogP contribution is 2.46. The lowest BCUT2D eigenvalue weighted by Crippen LogP contribution is -2.31. The molecule has 0 bridgehead atoms. The molecule has 1 heterocycles. The number of ether oxygens (including phenoxy) is 2. The molecule has 0 saturated carbocycles. The minimum atomic E-state index is -0.292. The predicted octanol–water partition coefficient (Wildman–Crippen LogP) is 6.50. The molecule has 5 heteroatoms. The molecule has 0 aromatic heterocycles. The summed E-state index contributed by atoms with van der Waals surface area (Å²) in [5.41, 5.74) is 5.70. The predicted molar refractivity (Wildman–Crippen MR) is 135 cm³/mol. The minimum absolute atomic E-state index is 0.0867. The number of ketones is 1. The first-order valence-corrected chi connectivity index (χ1v) is 11.7. The molecule has 5 nitrogen and oxygen atoms in total. The van der Waals surface area contributed by atoms with Gasteiger partial charge in [0.2, 0.25) is 0 Å². The van der Waals surface area contributed by atoms with Crippen LogP contribution in [-0.4, -0.2) is 12.9 Å². The Hall–Kier alpha value is -3.73. The zero-order chi connectivity index (χ0) is 23.7. The second-order valence-corrected chi connectivity index (χ2v) is 9.77. The number of para-hydroxylation sites is 2. The number of Topliss-reactive ketones (excluding diaryl/α,β-unsaturated/α-hetero) is 1. The molecule has 1 atom stereocenters. The van der Waals surface area contributed by atoms with E-state index in [1.54, 1.807) is 7.11 Å². The molecule has 3 aromatic carbocycles. The third-order valence-electron chi connectivity index (χ3n) is 6.48. The number of fused-ring (bicyclic) bond motifs is 1. The molecule has 2 N–H and O–H groups in total.